The van der Waals surface area contributed by atoms with E-state index < -0.39 is 11.5 Å². The largest absolute Gasteiger partial charge is 0.491 e. The van der Waals surface area contributed by atoms with Gasteiger partial charge in [-0.2, -0.15) is 0 Å². The Morgan fingerprint density at radius 2 is 2.00 bits per heavy atom. The molecule has 1 aliphatic heterocycles. The van der Waals surface area contributed by atoms with Crippen molar-refractivity contribution in [1.29, 1.82) is 0 Å². The highest BCUT2D eigenvalue weighted by molar-refractivity contribution is 6.06. The molecule has 2 aliphatic rings. The maximum absolute atomic E-state index is 12.6. The van der Waals surface area contributed by atoms with Crippen molar-refractivity contribution in [2.75, 3.05) is 13.2 Å². The third kappa shape index (κ3) is 3.61. The summed E-state index contributed by atoms with van der Waals surface area (Å²) >= 11 is 0. The van der Waals surface area contributed by atoms with Crippen LogP contribution in [-0.2, 0) is 16.0 Å². The van der Waals surface area contributed by atoms with Crippen molar-refractivity contribution in [2.45, 2.75) is 44.6 Å². The van der Waals surface area contributed by atoms with Crippen molar-refractivity contribution >= 4 is 11.8 Å². The van der Waals surface area contributed by atoms with Crippen LogP contribution < -0.4 is 4.74 Å². The van der Waals surface area contributed by atoms with E-state index >= 15 is 0 Å². The lowest BCUT2D eigenvalue weighted by molar-refractivity contribution is -0.143. The van der Waals surface area contributed by atoms with Crippen LogP contribution in [0.5, 0.6) is 5.75 Å². The van der Waals surface area contributed by atoms with Crippen LogP contribution in [0.4, 0.5) is 0 Å². The van der Waals surface area contributed by atoms with Crippen molar-refractivity contribution in [1.82, 2.24) is 4.90 Å². The molecule has 1 aromatic carbocycles. The van der Waals surface area contributed by atoms with E-state index in [0.717, 1.165) is 31.2 Å². The summed E-state index contributed by atoms with van der Waals surface area (Å²) in [4.78, 5) is 26.1. The fourth-order valence-corrected chi connectivity index (χ4v) is 3.91. The van der Waals surface area contributed by atoms with E-state index in [-0.39, 0.29) is 25.0 Å². The summed E-state index contributed by atoms with van der Waals surface area (Å²) in [5.74, 6) is 0.409. The lowest BCUT2D eigenvalue weighted by atomic mass is 9.84. The number of likely N-dealkylation sites (tertiary alicyclic amines) is 1. The van der Waals surface area contributed by atoms with E-state index in [9.17, 15) is 14.7 Å². The van der Waals surface area contributed by atoms with Crippen LogP contribution in [0.3, 0.4) is 0 Å². The van der Waals surface area contributed by atoms with Gasteiger partial charge in [-0.05, 0) is 30.9 Å². The number of aliphatic hydroxyl groups is 1. The predicted molar refractivity (Wildman–Crippen MR) is 94.1 cm³/mol. The Bertz CT molecular complexity index is 663. The van der Waals surface area contributed by atoms with Gasteiger partial charge in [-0.1, -0.05) is 37.1 Å². The normalized spacial score (nSPS) is 20.3. The molecule has 0 aromatic heterocycles. The van der Waals surface area contributed by atoms with Gasteiger partial charge >= 0.3 is 0 Å². The number of hydrogen-bond donors (Lipinski definition) is 1. The quantitative estimate of drug-likeness (QED) is 0.610. The smallest absolute Gasteiger partial charge is 0.235 e. The Hall–Kier alpha value is -2.14. The molecule has 0 bridgehead atoms. The minimum Gasteiger partial charge on any atom is -0.491 e. The van der Waals surface area contributed by atoms with Gasteiger partial charge in [0.1, 0.15) is 18.5 Å². The molecule has 1 heterocycles. The molecule has 1 aromatic rings. The molecule has 134 valence electrons. The van der Waals surface area contributed by atoms with Crippen LogP contribution >= 0.6 is 0 Å². The highest BCUT2D eigenvalue weighted by Gasteiger charge is 2.52. The molecule has 1 saturated carbocycles. The van der Waals surface area contributed by atoms with E-state index in [1.807, 2.05) is 24.3 Å². The summed E-state index contributed by atoms with van der Waals surface area (Å²) in [6.07, 6.45) is 5.43. The molecule has 0 unspecified atom stereocenters. The average Bonchev–Trinajstić information content (AvgIpc) is 3.15. The number of aliphatic hydroxyl groups excluding tert-OH is 1. The number of allylic oxidation sites excluding steroid dienone is 1. The molecule has 1 spiro atoms. The molecule has 0 radical (unpaired) electrons. The Morgan fingerprint density at radius 3 is 2.72 bits per heavy atom. The average molecular weight is 343 g/mol. The molecule has 1 saturated heterocycles. The molecule has 1 N–H and O–H groups in total. The van der Waals surface area contributed by atoms with Gasteiger partial charge in [0.25, 0.3) is 0 Å². The Morgan fingerprint density at radius 1 is 1.28 bits per heavy atom. The van der Waals surface area contributed by atoms with Crippen molar-refractivity contribution in [3.8, 4) is 5.75 Å². The van der Waals surface area contributed by atoms with Crippen LogP contribution in [0.1, 0.15) is 37.7 Å². The summed E-state index contributed by atoms with van der Waals surface area (Å²) in [7, 11) is 0. The molecule has 2 amide bonds. The van der Waals surface area contributed by atoms with E-state index in [1.165, 1.54) is 4.90 Å². The number of para-hydroxylation sites is 1. The highest BCUT2D eigenvalue weighted by atomic mass is 16.5. The summed E-state index contributed by atoms with van der Waals surface area (Å²) in [6, 6.07) is 7.57. The fraction of sp³-hybridized carbons (Fsp3) is 0.500. The summed E-state index contributed by atoms with van der Waals surface area (Å²) < 4.78 is 5.70. The first-order chi connectivity index (χ1) is 12.1. The SMILES string of the molecule is C=CCc1ccccc1OC[C@H](O)CN1C(=O)CC2(CCCC2)C1=O. The molecule has 5 heteroatoms. The van der Waals surface area contributed by atoms with Gasteiger partial charge in [0.05, 0.1) is 12.0 Å². The van der Waals surface area contributed by atoms with Crippen molar-refractivity contribution in [2.24, 2.45) is 5.41 Å². The van der Waals surface area contributed by atoms with E-state index in [2.05, 4.69) is 6.58 Å². The number of ether oxygens (including phenoxy) is 1. The number of carbonyl (C=O) groups excluding carboxylic acids is 2. The zero-order chi connectivity index (χ0) is 17.9. The van der Waals surface area contributed by atoms with Gasteiger partial charge in [-0.25, -0.2) is 0 Å². The summed E-state index contributed by atoms with van der Waals surface area (Å²) in [5.41, 5.74) is 0.497. The number of nitrogens with zero attached hydrogens (tertiary/aromatic N) is 1. The Balaban J connectivity index is 1.58. The second kappa shape index (κ2) is 7.40. The van der Waals surface area contributed by atoms with Crippen molar-refractivity contribution in [3.05, 3.63) is 42.5 Å². The molecular weight excluding hydrogens is 318 g/mol. The van der Waals surface area contributed by atoms with Gasteiger partial charge in [-0.3, -0.25) is 14.5 Å². The number of hydrogen-bond acceptors (Lipinski definition) is 4. The second-order valence-corrected chi connectivity index (χ2v) is 7.04. The lowest BCUT2D eigenvalue weighted by Crippen LogP contribution is -2.41. The number of amides is 2. The maximum atomic E-state index is 12.6. The third-order valence-corrected chi connectivity index (χ3v) is 5.21. The first kappa shape index (κ1) is 17.7. The molecule has 3 rings (SSSR count). The molecule has 25 heavy (non-hydrogen) atoms. The molecular formula is C20H25NO4. The zero-order valence-electron chi connectivity index (χ0n) is 14.4. The van der Waals surface area contributed by atoms with Crippen LogP contribution in [0.25, 0.3) is 0 Å². The lowest BCUT2D eigenvalue weighted by Gasteiger charge is -2.23. The molecule has 5 nitrogen and oxygen atoms in total. The number of imide groups is 1. The zero-order valence-corrected chi connectivity index (χ0v) is 14.4. The number of rotatable bonds is 7. The predicted octanol–water partition coefficient (Wildman–Crippen LogP) is 2.47. The van der Waals surface area contributed by atoms with Crippen LogP contribution in [0.2, 0.25) is 0 Å². The number of β-amino-alcohol motifs (C(OH)–C–C–N with tert-alkyl or cyclic N) is 1. The van der Waals surface area contributed by atoms with Gasteiger partial charge < -0.3 is 9.84 Å². The number of benzene rings is 1. The van der Waals surface area contributed by atoms with Crippen molar-refractivity contribution < 1.29 is 19.4 Å². The maximum Gasteiger partial charge on any atom is 0.235 e. The number of carbonyl (C=O) groups is 2. The second-order valence-electron chi connectivity index (χ2n) is 7.04. The summed E-state index contributed by atoms with van der Waals surface area (Å²) in [5, 5.41) is 10.3. The third-order valence-electron chi connectivity index (χ3n) is 5.21. The minimum atomic E-state index is -0.902. The Kier molecular flexibility index (Phi) is 5.23. The minimum absolute atomic E-state index is 0.00302. The van der Waals surface area contributed by atoms with Crippen LogP contribution in [-0.4, -0.2) is 41.1 Å². The summed E-state index contributed by atoms with van der Waals surface area (Å²) in [6.45, 7) is 3.77. The Labute approximate surface area is 148 Å². The monoisotopic (exact) mass is 343 g/mol. The molecule has 2 fully saturated rings. The molecule has 1 atom stereocenters. The van der Waals surface area contributed by atoms with E-state index in [4.69, 9.17) is 4.74 Å². The van der Waals surface area contributed by atoms with E-state index in [1.54, 1.807) is 6.08 Å². The van der Waals surface area contributed by atoms with Crippen LogP contribution in [0.15, 0.2) is 36.9 Å². The van der Waals surface area contributed by atoms with E-state index in [0.29, 0.717) is 18.6 Å². The van der Waals surface area contributed by atoms with Gasteiger partial charge in [0.2, 0.25) is 11.8 Å². The van der Waals surface area contributed by atoms with Crippen LogP contribution in [0, 0.1) is 5.41 Å². The van der Waals surface area contributed by atoms with Gasteiger partial charge in [0, 0.05) is 6.42 Å². The van der Waals surface area contributed by atoms with Gasteiger partial charge in [-0.15, -0.1) is 6.58 Å². The topological polar surface area (TPSA) is 66.8 Å². The first-order valence-electron chi connectivity index (χ1n) is 8.90. The molecule has 1 aliphatic carbocycles. The van der Waals surface area contributed by atoms with Crippen molar-refractivity contribution in [3.63, 3.8) is 0 Å². The highest BCUT2D eigenvalue weighted by Crippen LogP contribution is 2.46. The first-order valence-corrected chi connectivity index (χ1v) is 8.90. The van der Waals surface area contributed by atoms with Gasteiger partial charge in [0.15, 0.2) is 0 Å². The fourth-order valence-electron chi connectivity index (χ4n) is 3.91. The standard InChI is InChI=1S/C20H25NO4/c1-2-7-15-8-3-4-9-17(15)25-14-16(22)13-21-18(23)12-20(19(21)24)10-5-6-11-20/h2-4,8-9,16,22H,1,5-7,10-14H2/t16-/m1/s1.